The van der Waals surface area contributed by atoms with Crippen LogP contribution in [-0.2, 0) is 17.6 Å². The highest BCUT2D eigenvalue weighted by Gasteiger charge is 2.34. The predicted molar refractivity (Wildman–Crippen MR) is 96.1 cm³/mol. The number of para-hydroxylation sites is 2. The van der Waals surface area contributed by atoms with Gasteiger partial charge >= 0.3 is 0 Å². The summed E-state index contributed by atoms with van der Waals surface area (Å²) in [6.45, 7) is 0. The van der Waals surface area contributed by atoms with Crippen LogP contribution in [0.2, 0.25) is 10.0 Å². The molecular formula is C17H16Cl2N4O. The second kappa shape index (κ2) is 6.43. The number of rotatable bonds is 5. The predicted octanol–water partition coefficient (Wildman–Crippen LogP) is 2.84. The van der Waals surface area contributed by atoms with Crippen molar-refractivity contribution in [2.75, 3.05) is 0 Å². The molecule has 3 rings (SSSR count). The van der Waals surface area contributed by atoms with Crippen LogP contribution in [0.4, 0.5) is 0 Å². The lowest BCUT2D eigenvalue weighted by Gasteiger charge is -2.25. The van der Waals surface area contributed by atoms with Crippen molar-refractivity contribution in [3.63, 3.8) is 0 Å². The summed E-state index contributed by atoms with van der Waals surface area (Å²) >= 11 is 12.1. The van der Waals surface area contributed by atoms with Gasteiger partial charge in [-0.05, 0) is 29.8 Å². The van der Waals surface area contributed by atoms with Gasteiger partial charge < -0.3 is 16.5 Å². The molecular weight excluding hydrogens is 347 g/mol. The van der Waals surface area contributed by atoms with E-state index in [1.54, 1.807) is 18.2 Å². The molecule has 1 amide bonds. The highest BCUT2D eigenvalue weighted by atomic mass is 35.5. The van der Waals surface area contributed by atoms with E-state index in [-0.39, 0.29) is 12.8 Å². The standard InChI is InChI=1S/C17H16Cl2N4O/c18-11-6-5-10(12(19)7-11)8-17(21,16(20)24)9-15-22-13-3-1-2-4-14(13)23-15/h1-7H,8-9,21H2,(H2,20,24)(H,22,23). The van der Waals surface area contributed by atoms with E-state index in [9.17, 15) is 4.79 Å². The number of nitrogens with two attached hydrogens (primary N) is 2. The molecule has 124 valence electrons. The maximum absolute atomic E-state index is 12.0. The van der Waals surface area contributed by atoms with Crippen LogP contribution in [0.25, 0.3) is 11.0 Å². The largest absolute Gasteiger partial charge is 0.368 e. The number of hydrogen-bond acceptors (Lipinski definition) is 3. The molecule has 0 saturated carbocycles. The van der Waals surface area contributed by atoms with Crippen LogP contribution in [0.5, 0.6) is 0 Å². The molecule has 1 atom stereocenters. The van der Waals surface area contributed by atoms with Crippen LogP contribution in [-0.4, -0.2) is 21.4 Å². The average Bonchev–Trinajstić information content (AvgIpc) is 2.92. The molecule has 0 bridgehead atoms. The number of benzene rings is 2. The number of halogens is 2. The van der Waals surface area contributed by atoms with E-state index in [0.717, 1.165) is 11.0 Å². The van der Waals surface area contributed by atoms with Gasteiger partial charge in [-0.1, -0.05) is 41.4 Å². The number of amides is 1. The van der Waals surface area contributed by atoms with Crippen molar-refractivity contribution in [2.45, 2.75) is 18.4 Å². The number of carbonyl (C=O) groups is 1. The summed E-state index contributed by atoms with van der Waals surface area (Å²) < 4.78 is 0. The second-order valence-electron chi connectivity index (χ2n) is 5.81. The van der Waals surface area contributed by atoms with Gasteiger partial charge in [0.25, 0.3) is 0 Å². The highest BCUT2D eigenvalue weighted by Crippen LogP contribution is 2.25. The smallest absolute Gasteiger partial charge is 0.238 e. The first-order valence-electron chi connectivity index (χ1n) is 7.34. The fourth-order valence-corrected chi connectivity index (χ4v) is 3.11. The minimum absolute atomic E-state index is 0.177. The molecule has 0 radical (unpaired) electrons. The summed E-state index contributed by atoms with van der Waals surface area (Å²) in [5.41, 5.74) is 13.0. The maximum atomic E-state index is 12.0. The summed E-state index contributed by atoms with van der Waals surface area (Å²) in [5, 5.41) is 0.964. The number of fused-ring (bicyclic) bond motifs is 1. The number of imidazole rings is 1. The summed E-state index contributed by atoms with van der Waals surface area (Å²) in [6, 6.07) is 12.6. The summed E-state index contributed by atoms with van der Waals surface area (Å²) in [6.07, 6.45) is 0.366. The van der Waals surface area contributed by atoms with Gasteiger partial charge in [0.05, 0.1) is 11.0 Å². The third-order valence-corrected chi connectivity index (χ3v) is 4.52. The molecule has 24 heavy (non-hydrogen) atoms. The monoisotopic (exact) mass is 362 g/mol. The van der Waals surface area contributed by atoms with E-state index in [4.69, 9.17) is 34.7 Å². The molecule has 0 aliphatic carbocycles. The van der Waals surface area contributed by atoms with Gasteiger partial charge in [-0.15, -0.1) is 0 Å². The number of hydrogen-bond donors (Lipinski definition) is 3. The summed E-state index contributed by atoms with van der Waals surface area (Å²) in [7, 11) is 0. The Morgan fingerprint density at radius 2 is 1.92 bits per heavy atom. The zero-order valence-corrected chi connectivity index (χ0v) is 14.2. The Morgan fingerprint density at radius 1 is 1.17 bits per heavy atom. The van der Waals surface area contributed by atoms with Crippen molar-refractivity contribution >= 4 is 40.1 Å². The molecule has 0 aliphatic rings. The Balaban J connectivity index is 1.91. The van der Waals surface area contributed by atoms with Gasteiger partial charge in [-0.3, -0.25) is 4.79 Å². The van der Waals surface area contributed by atoms with E-state index in [1.807, 2.05) is 24.3 Å². The third-order valence-electron chi connectivity index (χ3n) is 3.93. The molecule has 0 aliphatic heterocycles. The number of carbonyl (C=O) groups excluding carboxylic acids is 1. The van der Waals surface area contributed by atoms with E-state index in [1.165, 1.54) is 0 Å². The molecule has 1 aromatic heterocycles. The zero-order valence-electron chi connectivity index (χ0n) is 12.7. The Kier molecular flexibility index (Phi) is 4.49. The van der Waals surface area contributed by atoms with E-state index >= 15 is 0 Å². The fraction of sp³-hybridized carbons (Fsp3) is 0.176. The lowest BCUT2D eigenvalue weighted by Crippen LogP contribution is -2.55. The minimum atomic E-state index is -1.31. The minimum Gasteiger partial charge on any atom is -0.368 e. The quantitative estimate of drug-likeness (QED) is 0.650. The van der Waals surface area contributed by atoms with Crippen molar-refractivity contribution in [1.29, 1.82) is 0 Å². The average molecular weight is 363 g/mol. The van der Waals surface area contributed by atoms with Gasteiger partial charge in [0.2, 0.25) is 5.91 Å². The van der Waals surface area contributed by atoms with Crippen LogP contribution in [0.3, 0.4) is 0 Å². The van der Waals surface area contributed by atoms with Crippen LogP contribution in [0, 0.1) is 0 Å². The maximum Gasteiger partial charge on any atom is 0.238 e. The van der Waals surface area contributed by atoms with Gasteiger partial charge in [-0.25, -0.2) is 4.98 Å². The van der Waals surface area contributed by atoms with Crippen molar-refractivity contribution < 1.29 is 4.79 Å². The Bertz CT molecular complexity index is 875. The highest BCUT2D eigenvalue weighted by molar-refractivity contribution is 6.35. The Hall–Kier alpha value is -2.08. The molecule has 0 saturated heterocycles. The van der Waals surface area contributed by atoms with Crippen LogP contribution in [0.1, 0.15) is 11.4 Å². The Morgan fingerprint density at radius 3 is 2.58 bits per heavy atom. The molecule has 5 nitrogen and oxygen atoms in total. The van der Waals surface area contributed by atoms with Crippen molar-refractivity contribution in [1.82, 2.24) is 9.97 Å². The van der Waals surface area contributed by atoms with Gasteiger partial charge in [0.15, 0.2) is 0 Å². The number of aromatic nitrogens is 2. The Labute approximate surface area is 149 Å². The first kappa shape index (κ1) is 16.8. The summed E-state index contributed by atoms with van der Waals surface area (Å²) in [5.74, 6) is -0.0171. The normalized spacial score (nSPS) is 13.8. The molecule has 0 fully saturated rings. The fourth-order valence-electron chi connectivity index (χ4n) is 2.63. The van der Waals surface area contributed by atoms with Crippen LogP contribution >= 0.6 is 23.2 Å². The third kappa shape index (κ3) is 3.38. The molecule has 0 spiro atoms. The van der Waals surface area contributed by atoms with Gasteiger partial charge in [-0.2, -0.15) is 0 Å². The number of nitrogens with zero attached hydrogens (tertiary/aromatic N) is 1. The number of primary amides is 1. The topological polar surface area (TPSA) is 97.8 Å². The van der Waals surface area contributed by atoms with Crippen LogP contribution < -0.4 is 11.5 Å². The SMILES string of the molecule is NC(=O)C(N)(Cc1nc2ccccc2[nH]1)Cc1ccc(Cl)cc1Cl. The van der Waals surface area contributed by atoms with Crippen molar-refractivity contribution in [2.24, 2.45) is 11.5 Å². The van der Waals surface area contributed by atoms with E-state index < -0.39 is 11.4 Å². The molecule has 2 aromatic carbocycles. The summed E-state index contributed by atoms with van der Waals surface area (Å²) in [4.78, 5) is 19.6. The molecule has 5 N–H and O–H groups in total. The van der Waals surface area contributed by atoms with E-state index in [2.05, 4.69) is 9.97 Å². The lowest BCUT2D eigenvalue weighted by atomic mass is 9.87. The molecule has 1 unspecified atom stereocenters. The molecule has 3 aromatic rings. The van der Waals surface area contributed by atoms with Crippen molar-refractivity contribution in [3.05, 3.63) is 63.9 Å². The first-order chi connectivity index (χ1) is 11.4. The van der Waals surface area contributed by atoms with Gasteiger partial charge in [0, 0.05) is 22.9 Å². The lowest BCUT2D eigenvalue weighted by molar-refractivity contribution is -0.123. The number of H-pyrrole nitrogens is 1. The number of aromatic amines is 1. The van der Waals surface area contributed by atoms with Crippen LogP contribution in [0.15, 0.2) is 42.5 Å². The van der Waals surface area contributed by atoms with Crippen molar-refractivity contribution in [3.8, 4) is 0 Å². The number of nitrogens with one attached hydrogen (secondary N) is 1. The van der Waals surface area contributed by atoms with Gasteiger partial charge in [0.1, 0.15) is 11.4 Å². The zero-order chi connectivity index (χ0) is 17.3. The first-order valence-corrected chi connectivity index (χ1v) is 8.09. The molecule has 7 heteroatoms. The second-order valence-corrected chi connectivity index (χ2v) is 6.65. The van der Waals surface area contributed by atoms with E-state index in [0.29, 0.717) is 21.4 Å². The molecule has 1 heterocycles.